The van der Waals surface area contributed by atoms with Crippen LogP contribution in [0.2, 0.25) is 0 Å². The molecule has 1 rings (SSSR count). The van der Waals surface area contributed by atoms with E-state index in [2.05, 4.69) is 0 Å². The van der Waals surface area contributed by atoms with Crippen LogP contribution in [0.15, 0.2) is 16.9 Å². The van der Waals surface area contributed by atoms with Crippen LogP contribution in [0.5, 0.6) is 0 Å². The van der Waals surface area contributed by atoms with Gasteiger partial charge in [-0.3, -0.25) is 4.79 Å². The van der Waals surface area contributed by atoms with Gasteiger partial charge in [-0.05, 0) is 20.3 Å². The van der Waals surface area contributed by atoms with Crippen molar-refractivity contribution in [1.82, 2.24) is 4.57 Å². The van der Waals surface area contributed by atoms with E-state index < -0.39 is 6.10 Å². The van der Waals surface area contributed by atoms with E-state index in [4.69, 9.17) is 4.74 Å². The number of ether oxygens (including phenoxy) is 1. The maximum Gasteiger partial charge on any atom is 0.182 e. The highest BCUT2D eigenvalue weighted by molar-refractivity contribution is 5.12. The summed E-state index contributed by atoms with van der Waals surface area (Å²) in [6.07, 6.45) is 0.168. The van der Waals surface area contributed by atoms with Gasteiger partial charge in [0.15, 0.2) is 5.43 Å². The molecule has 1 heterocycles. The normalized spacial score (nSPS) is 12.8. The van der Waals surface area contributed by atoms with Crippen molar-refractivity contribution >= 4 is 0 Å². The number of methoxy groups -OCH3 is 1. The molecule has 0 aliphatic rings. The first-order chi connectivity index (χ1) is 7.54. The van der Waals surface area contributed by atoms with Crippen molar-refractivity contribution in [2.45, 2.75) is 32.9 Å². The van der Waals surface area contributed by atoms with Gasteiger partial charge >= 0.3 is 0 Å². The molecule has 0 saturated heterocycles. The molecule has 1 N–H and O–H groups in total. The number of nitrogens with zero attached hydrogens (tertiary/aromatic N) is 1. The molecule has 16 heavy (non-hydrogen) atoms. The Labute approximate surface area is 95.5 Å². The molecule has 90 valence electrons. The van der Waals surface area contributed by atoms with E-state index in [1.807, 2.05) is 18.4 Å². The molecular formula is C12H19NO3. The van der Waals surface area contributed by atoms with Gasteiger partial charge in [0, 0.05) is 37.2 Å². The quantitative estimate of drug-likeness (QED) is 0.808. The van der Waals surface area contributed by atoms with Crippen molar-refractivity contribution in [2.24, 2.45) is 0 Å². The Morgan fingerprint density at radius 3 is 2.44 bits per heavy atom. The van der Waals surface area contributed by atoms with Crippen LogP contribution in [0.3, 0.4) is 0 Å². The summed E-state index contributed by atoms with van der Waals surface area (Å²) in [6, 6.07) is 3.21. The number of hydrogen-bond donors (Lipinski definition) is 1. The van der Waals surface area contributed by atoms with Gasteiger partial charge < -0.3 is 14.4 Å². The standard InChI is InChI=1S/C12H19NO3/c1-9-6-12(15)7-10(2)13(9)5-4-11(14)8-16-3/h6-7,11,14H,4-5,8H2,1-3H3. The SMILES string of the molecule is COCC(O)CCn1c(C)cc(=O)cc1C. The maximum absolute atomic E-state index is 11.2. The van der Waals surface area contributed by atoms with Crippen molar-refractivity contribution in [3.05, 3.63) is 33.7 Å². The van der Waals surface area contributed by atoms with Gasteiger partial charge in [0.2, 0.25) is 0 Å². The maximum atomic E-state index is 11.2. The second kappa shape index (κ2) is 5.82. The van der Waals surface area contributed by atoms with Crippen LogP contribution in [0.25, 0.3) is 0 Å². The van der Waals surface area contributed by atoms with Crippen LogP contribution >= 0.6 is 0 Å². The highest BCUT2D eigenvalue weighted by Crippen LogP contribution is 2.05. The van der Waals surface area contributed by atoms with Crippen molar-refractivity contribution < 1.29 is 9.84 Å². The van der Waals surface area contributed by atoms with Crippen molar-refractivity contribution in [3.8, 4) is 0 Å². The third-order valence-corrected chi connectivity index (χ3v) is 2.60. The summed E-state index contributed by atoms with van der Waals surface area (Å²) in [6.45, 7) is 4.84. The molecule has 0 saturated carbocycles. The molecule has 0 spiro atoms. The lowest BCUT2D eigenvalue weighted by Gasteiger charge is -2.16. The molecular weight excluding hydrogens is 206 g/mol. The Kier molecular flexibility index (Phi) is 4.71. The van der Waals surface area contributed by atoms with Gasteiger partial charge in [-0.2, -0.15) is 0 Å². The zero-order valence-corrected chi connectivity index (χ0v) is 10.1. The van der Waals surface area contributed by atoms with E-state index in [1.54, 1.807) is 19.2 Å². The van der Waals surface area contributed by atoms with E-state index in [1.165, 1.54) is 0 Å². The van der Waals surface area contributed by atoms with E-state index in [-0.39, 0.29) is 5.43 Å². The monoisotopic (exact) mass is 225 g/mol. The predicted octanol–water partition coefficient (Wildman–Crippen LogP) is 0.863. The molecule has 1 aromatic heterocycles. The Morgan fingerprint density at radius 2 is 1.94 bits per heavy atom. The van der Waals surface area contributed by atoms with Crippen molar-refractivity contribution in [3.63, 3.8) is 0 Å². The van der Waals surface area contributed by atoms with Gasteiger partial charge in [0.05, 0.1) is 12.7 Å². The molecule has 0 amide bonds. The number of aliphatic hydroxyl groups is 1. The third-order valence-electron chi connectivity index (χ3n) is 2.60. The van der Waals surface area contributed by atoms with Crippen LogP contribution < -0.4 is 5.43 Å². The molecule has 0 bridgehead atoms. The van der Waals surface area contributed by atoms with Crippen molar-refractivity contribution in [1.29, 1.82) is 0 Å². The van der Waals surface area contributed by atoms with Gasteiger partial charge in [-0.1, -0.05) is 0 Å². The minimum absolute atomic E-state index is 0.0312. The highest BCUT2D eigenvalue weighted by Gasteiger charge is 2.06. The number of rotatable bonds is 5. The molecule has 4 heteroatoms. The number of aliphatic hydroxyl groups excluding tert-OH is 1. The summed E-state index contributed by atoms with van der Waals surface area (Å²) >= 11 is 0. The smallest absolute Gasteiger partial charge is 0.182 e. The molecule has 1 atom stereocenters. The van der Waals surface area contributed by atoms with E-state index in [0.29, 0.717) is 19.6 Å². The lowest BCUT2D eigenvalue weighted by molar-refractivity contribution is 0.0563. The Balaban J connectivity index is 2.70. The highest BCUT2D eigenvalue weighted by atomic mass is 16.5. The summed E-state index contributed by atoms with van der Waals surface area (Å²) in [5.41, 5.74) is 1.88. The third kappa shape index (κ3) is 3.47. The molecule has 0 radical (unpaired) electrons. The minimum Gasteiger partial charge on any atom is -0.391 e. The van der Waals surface area contributed by atoms with Crippen LogP contribution in [-0.4, -0.2) is 29.5 Å². The van der Waals surface area contributed by atoms with Crippen LogP contribution in [0, 0.1) is 13.8 Å². The lowest BCUT2D eigenvalue weighted by atomic mass is 10.2. The van der Waals surface area contributed by atoms with Crippen LogP contribution in [0.1, 0.15) is 17.8 Å². The summed E-state index contributed by atoms with van der Waals surface area (Å²) in [4.78, 5) is 11.2. The average Bonchev–Trinajstić information content (AvgIpc) is 2.16. The molecule has 0 aliphatic heterocycles. The zero-order chi connectivity index (χ0) is 12.1. The summed E-state index contributed by atoms with van der Waals surface area (Å²) in [5, 5.41) is 9.55. The summed E-state index contributed by atoms with van der Waals surface area (Å²) in [7, 11) is 1.57. The number of aryl methyl sites for hydroxylation is 2. The molecule has 0 aromatic carbocycles. The van der Waals surface area contributed by atoms with E-state index in [0.717, 1.165) is 11.4 Å². The Morgan fingerprint density at radius 1 is 1.38 bits per heavy atom. The number of pyridine rings is 1. The van der Waals surface area contributed by atoms with Gasteiger partial charge in [-0.25, -0.2) is 0 Å². The second-order valence-corrected chi connectivity index (χ2v) is 4.02. The van der Waals surface area contributed by atoms with Gasteiger partial charge in [0.1, 0.15) is 0 Å². The first-order valence-corrected chi connectivity index (χ1v) is 5.39. The molecule has 0 aliphatic carbocycles. The first kappa shape index (κ1) is 12.9. The predicted molar refractivity (Wildman–Crippen MR) is 62.7 cm³/mol. The van der Waals surface area contributed by atoms with Gasteiger partial charge in [0.25, 0.3) is 0 Å². The Bertz CT molecular complexity index is 371. The fourth-order valence-corrected chi connectivity index (χ4v) is 1.79. The fourth-order valence-electron chi connectivity index (χ4n) is 1.79. The number of aromatic nitrogens is 1. The summed E-state index contributed by atoms with van der Waals surface area (Å²) in [5.74, 6) is 0. The average molecular weight is 225 g/mol. The Hall–Kier alpha value is -1.13. The molecule has 1 aromatic rings. The van der Waals surface area contributed by atoms with Crippen LogP contribution in [-0.2, 0) is 11.3 Å². The number of hydrogen-bond acceptors (Lipinski definition) is 3. The summed E-state index contributed by atoms with van der Waals surface area (Å²) < 4.78 is 6.89. The largest absolute Gasteiger partial charge is 0.391 e. The van der Waals surface area contributed by atoms with E-state index >= 15 is 0 Å². The molecule has 1 unspecified atom stereocenters. The fraction of sp³-hybridized carbons (Fsp3) is 0.583. The topological polar surface area (TPSA) is 51.5 Å². The first-order valence-electron chi connectivity index (χ1n) is 5.39. The van der Waals surface area contributed by atoms with Crippen molar-refractivity contribution in [2.75, 3.05) is 13.7 Å². The zero-order valence-electron chi connectivity index (χ0n) is 10.1. The molecule has 0 fully saturated rings. The minimum atomic E-state index is -0.455. The lowest BCUT2D eigenvalue weighted by Crippen LogP contribution is -2.20. The molecule has 4 nitrogen and oxygen atoms in total. The van der Waals surface area contributed by atoms with E-state index in [9.17, 15) is 9.90 Å². The second-order valence-electron chi connectivity index (χ2n) is 4.02. The van der Waals surface area contributed by atoms with Gasteiger partial charge in [-0.15, -0.1) is 0 Å². The van der Waals surface area contributed by atoms with Crippen LogP contribution in [0.4, 0.5) is 0 Å².